The lowest BCUT2D eigenvalue weighted by Gasteiger charge is -2.27. The van der Waals surface area contributed by atoms with Crippen LogP contribution in [0.1, 0.15) is 27.7 Å². The van der Waals surface area contributed by atoms with Gasteiger partial charge in [-0.15, -0.1) is 11.3 Å². The van der Waals surface area contributed by atoms with Crippen LogP contribution in [0.25, 0.3) is 0 Å². The molecule has 0 spiro atoms. The summed E-state index contributed by atoms with van der Waals surface area (Å²) < 4.78 is 0. The van der Waals surface area contributed by atoms with Crippen molar-refractivity contribution in [3.05, 3.63) is 39.4 Å². The molecule has 4 nitrogen and oxygen atoms in total. The Hall–Kier alpha value is -1.33. The van der Waals surface area contributed by atoms with Gasteiger partial charge in [0.1, 0.15) is 5.82 Å². The van der Waals surface area contributed by atoms with Crippen molar-refractivity contribution in [2.45, 2.75) is 33.4 Å². The minimum atomic E-state index is 0.865. The molecule has 0 amide bonds. The third kappa shape index (κ3) is 2.28. The normalized spacial score (nSPS) is 15.7. The largest absolute Gasteiger partial charge is 0.292 e. The quantitative estimate of drug-likeness (QED) is 0.829. The third-order valence-electron chi connectivity index (χ3n) is 3.36. The van der Waals surface area contributed by atoms with Gasteiger partial charge in [0.2, 0.25) is 0 Å². The number of hydrogen-bond acceptors (Lipinski definition) is 5. The molecule has 1 aliphatic rings. The highest BCUT2D eigenvalue weighted by Gasteiger charge is 2.19. The van der Waals surface area contributed by atoms with Gasteiger partial charge in [-0.25, -0.2) is 15.0 Å². The molecule has 0 atom stereocenters. The first kappa shape index (κ1) is 11.7. The molecule has 1 aliphatic heterocycles. The molecule has 2 aromatic heterocycles. The summed E-state index contributed by atoms with van der Waals surface area (Å²) in [5.74, 6) is 0.865. The Labute approximate surface area is 111 Å². The molecule has 94 valence electrons. The second-order valence-corrected chi connectivity index (χ2v) is 5.65. The minimum absolute atomic E-state index is 0.865. The van der Waals surface area contributed by atoms with Crippen molar-refractivity contribution in [1.29, 1.82) is 0 Å². The Balaban J connectivity index is 1.76. The van der Waals surface area contributed by atoms with Gasteiger partial charge >= 0.3 is 0 Å². The summed E-state index contributed by atoms with van der Waals surface area (Å²) in [7, 11) is 0. The van der Waals surface area contributed by atoms with Crippen molar-refractivity contribution in [3.63, 3.8) is 0 Å². The summed E-state index contributed by atoms with van der Waals surface area (Å²) in [5, 5.41) is 0. The van der Waals surface area contributed by atoms with Crippen LogP contribution in [0.15, 0.2) is 11.7 Å². The van der Waals surface area contributed by atoms with E-state index in [4.69, 9.17) is 0 Å². The number of hydrogen-bond donors (Lipinski definition) is 0. The van der Waals surface area contributed by atoms with Gasteiger partial charge in [0.05, 0.1) is 16.9 Å². The average molecular weight is 260 g/mol. The van der Waals surface area contributed by atoms with E-state index < -0.39 is 0 Å². The van der Waals surface area contributed by atoms with E-state index in [-0.39, 0.29) is 0 Å². The highest BCUT2D eigenvalue weighted by atomic mass is 32.1. The SMILES string of the molecule is Cc1ncc2c(n1)CN(Cc1scnc1C)CC2. The van der Waals surface area contributed by atoms with E-state index in [1.54, 1.807) is 11.3 Å². The van der Waals surface area contributed by atoms with Gasteiger partial charge in [0, 0.05) is 30.7 Å². The summed E-state index contributed by atoms with van der Waals surface area (Å²) >= 11 is 1.74. The molecular weight excluding hydrogens is 244 g/mol. The molecule has 0 bridgehead atoms. The number of fused-ring (bicyclic) bond motifs is 1. The molecule has 0 aliphatic carbocycles. The summed E-state index contributed by atoms with van der Waals surface area (Å²) in [6, 6.07) is 0. The van der Waals surface area contributed by atoms with E-state index in [2.05, 4.69) is 26.8 Å². The van der Waals surface area contributed by atoms with Crippen molar-refractivity contribution in [2.75, 3.05) is 6.54 Å². The van der Waals surface area contributed by atoms with Gasteiger partial charge in [-0.3, -0.25) is 4.90 Å². The maximum absolute atomic E-state index is 4.55. The van der Waals surface area contributed by atoms with Crippen molar-refractivity contribution < 1.29 is 0 Å². The molecule has 18 heavy (non-hydrogen) atoms. The van der Waals surface area contributed by atoms with Gasteiger partial charge < -0.3 is 0 Å². The predicted molar refractivity (Wildman–Crippen MR) is 71.4 cm³/mol. The summed E-state index contributed by atoms with van der Waals surface area (Å²) in [4.78, 5) is 16.9. The molecule has 0 unspecified atom stereocenters. The lowest BCUT2D eigenvalue weighted by atomic mass is 10.1. The molecule has 3 heterocycles. The fraction of sp³-hybridized carbons (Fsp3) is 0.462. The highest BCUT2D eigenvalue weighted by Crippen LogP contribution is 2.21. The number of aromatic nitrogens is 3. The van der Waals surface area contributed by atoms with Crippen molar-refractivity contribution in [3.8, 4) is 0 Å². The van der Waals surface area contributed by atoms with E-state index in [9.17, 15) is 0 Å². The summed E-state index contributed by atoms with van der Waals surface area (Å²) in [6.45, 7) is 7.02. The van der Waals surface area contributed by atoms with Gasteiger partial charge in [0.25, 0.3) is 0 Å². The first-order valence-electron chi connectivity index (χ1n) is 6.15. The zero-order chi connectivity index (χ0) is 12.5. The molecule has 2 aromatic rings. The van der Waals surface area contributed by atoms with Crippen LogP contribution in [0, 0.1) is 13.8 Å². The standard InChI is InChI=1S/C13H16N4S/c1-9-13(18-8-15-9)7-17-4-3-11-5-14-10(2)16-12(11)6-17/h5,8H,3-4,6-7H2,1-2H3. The van der Waals surface area contributed by atoms with Crippen LogP contribution in [0.3, 0.4) is 0 Å². The predicted octanol–water partition coefficient (Wildman–Crippen LogP) is 2.11. The Morgan fingerprint density at radius 3 is 3.00 bits per heavy atom. The smallest absolute Gasteiger partial charge is 0.125 e. The summed E-state index contributed by atoms with van der Waals surface area (Å²) in [6.07, 6.45) is 3.03. The molecule has 0 aromatic carbocycles. The molecule has 3 rings (SSSR count). The topological polar surface area (TPSA) is 41.9 Å². The van der Waals surface area contributed by atoms with Crippen LogP contribution >= 0.6 is 11.3 Å². The van der Waals surface area contributed by atoms with Crippen LogP contribution in [-0.2, 0) is 19.5 Å². The number of thiazole rings is 1. The molecule has 0 saturated carbocycles. The number of rotatable bonds is 2. The fourth-order valence-corrected chi connectivity index (χ4v) is 3.09. The fourth-order valence-electron chi connectivity index (χ4n) is 2.27. The van der Waals surface area contributed by atoms with Crippen LogP contribution in [0.5, 0.6) is 0 Å². The van der Waals surface area contributed by atoms with Crippen molar-refractivity contribution in [1.82, 2.24) is 19.9 Å². The highest BCUT2D eigenvalue weighted by molar-refractivity contribution is 7.09. The lowest BCUT2D eigenvalue weighted by Crippen LogP contribution is -2.31. The minimum Gasteiger partial charge on any atom is -0.292 e. The van der Waals surface area contributed by atoms with Crippen molar-refractivity contribution in [2.24, 2.45) is 0 Å². The van der Waals surface area contributed by atoms with Gasteiger partial charge in [-0.2, -0.15) is 0 Å². The van der Waals surface area contributed by atoms with E-state index in [0.717, 1.165) is 37.6 Å². The van der Waals surface area contributed by atoms with Gasteiger partial charge in [-0.1, -0.05) is 0 Å². The molecule has 0 N–H and O–H groups in total. The second-order valence-electron chi connectivity index (χ2n) is 4.71. The summed E-state index contributed by atoms with van der Waals surface area (Å²) in [5.41, 5.74) is 5.58. The number of aryl methyl sites for hydroxylation is 2. The first-order chi connectivity index (χ1) is 8.72. The van der Waals surface area contributed by atoms with Crippen LogP contribution in [0.4, 0.5) is 0 Å². The van der Waals surface area contributed by atoms with E-state index in [0.29, 0.717) is 0 Å². The molecule has 0 saturated heterocycles. The number of nitrogens with zero attached hydrogens (tertiary/aromatic N) is 4. The van der Waals surface area contributed by atoms with Crippen LogP contribution in [-0.4, -0.2) is 26.4 Å². The Bertz CT molecular complexity index is 564. The Morgan fingerprint density at radius 1 is 1.33 bits per heavy atom. The monoisotopic (exact) mass is 260 g/mol. The zero-order valence-corrected chi connectivity index (χ0v) is 11.5. The van der Waals surface area contributed by atoms with E-state index in [1.165, 1.54) is 16.1 Å². The third-order valence-corrected chi connectivity index (χ3v) is 4.28. The van der Waals surface area contributed by atoms with E-state index >= 15 is 0 Å². The lowest BCUT2D eigenvalue weighted by molar-refractivity contribution is 0.242. The molecule has 5 heteroatoms. The second kappa shape index (κ2) is 4.74. The van der Waals surface area contributed by atoms with Crippen LogP contribution in [0.2, 0.25) is 0 Å². The van der Waals surface area contributed by atoms with Crippen LogP contribution < -0.4 is 0 Å². The molecular formula is C13H16N4S. The van der Waals surface area contributed by atoms with Gasteiger partial charge in [-0.05, 0) is 25.8 Å². The molecule has 0 fully saturated rings. The average Bonchev–Trinajstić information content (AvgIpc) is 2.74. The maximum atomic E-state index is 4.55. The zero-order valence-electron chi connectivity index (χ0n) is 10.7. The Kier molecular flexibility index (Phi) is 3.09. The Morgan fingerprint density at radius 2 is 2.22 bits per heavy atom. The molecule has 0 radical (unpaired) electrons. The maximum Gasteiger partial charge on any atom is 0.125 e. The first-order valence-corrected chi connectivity index (χ1v) is 7.03. The van der Waals surface area contributed by atoms with E-state index in [1.807, 2.05) is 18.6 Å². The van der Waals surface area contributed by atoms with Gasteiger partial charge in [0.15, 0.2) is 0 Å². The van der Waals surface area contributed by atoms with Crippen molar-refractivity contribution >= 4 is 11.3 Å².